The summed E-state index contributed by atoms with van der Waals surface area (Å²) >= 11 is 0. The van der Waals surface area contributed by atoms with Gasteiger partial charge in [-0.25, -0.2) is 0 Å². The Labute approximate surface area is 68.2 Å². The normalized spacial score (nSPS) is 31.8. The van der Waals surface area contributed by atoms with Crippen molar-refractivity contribution >= 4 is 0 Å². The second-order valence-electron chi connectivity index (χ2n) is 3.46. The Morgan fingerprint density at radius 2 is 2.27 bits per heavy atom. The third-order valence-corrected chi connectivity index (χ3v) is 2.19. The minimum absolute atomic E-state index is 0.128. The lowest BCUT2D eigenvalue weighted by molar-refractivity contribution is -0.0353. The predicted molar refractivity (Wildman–Crippen MR) is 42.9 cm³/mol. The molecule has 0 aromatic rings. The topological polar surface area (TPSA) is 33.0 Å². The van der Waals surface area contributed by atoms with Gasteiger partial charge in [-0.3, -0.25) is 0 Å². The Morgan fingerprint density at radius 1 is 1.55 bits per heavy atom. The lowest BCUT2D eigenvalue weighted by Gasteiger charge is -2.29. The molecule has 0 saturated carbocycles. The summed E-state index contributed by atoms with van der Waals surface area (Å²) in [4.78, 5) is 0. The van der Waals surface area contributed by atoms with E-state index >= 15 is 0 Å². The molecule has 2 atom stereocenters. The maximum absolute atomic E-state index is 8.78. The first-order valence-electron chi connectivity index (χ1n) is 4.27. The van der Waals surface area contributed by atoms with Crippen LogP contribution in [0.3, 0.4) is 0 Å². The molecule has 2 nitrogen and oxygen atoms in total. The van der Waals surface area contributed by atoms with Crippen molar-refractivity contribution in [3.63, 3.8) is 0 Å². The standard InChI is InChI=1S/C9H15NO/c1-7(2)9-8(6-10)4-3-5-11-9/h7-9H,3-5H2,1-2H3. The molecule has 0 aromatic carbocycles. The Kier molecular flexibility index (Phi) is 2.90. The molecule has 0 aromatic heterocycles. The first-order chi connectivity index (χ1) is 5.25. The second kappa shape index (κ2) is 3.73. The van der Waals surface area contributed by atoms with Crippen LogP contribution in [-0.2, 0) is 4.74 Å². The van der Waals surface area contributed by atoms with E-state index in [9.17, 15) is 0 Å². The van der Waals surface area contributed by atoms with Gasteiger partial charge in [-0.2, -0.15) is 5.26 Å². The van der Waals surface area contributed by atoms with Crippen molar-refractivity contribution in [2.75, 3.05) is 6.61 Å². The highest BCUT2D eigenvalue weighted by atomic mass is 16.5. The maximum Gasteiger partial charge on any atom is 0.0756 e. The molecular weight excluding hydrogens is 138 g/mol. The SMILES string of the molecule is CC(C)C1OCCCC1C#N. The lowest BCUT2D eigenvalue weighted by atomic mass is 9.89. The summed E-state index contributed by atoms with van der Waals surface area (Å²) < 4.78 is 5.52. The van der Waals surface area contributed by atoms with Gasteiger partial charge in [0, 0.05) is 6.61 Å². The van der Waals surface area contributed by atoms with E-state index in [2.05, 4.69) is 19.9 Å². The quantitative estimate of drug-likeness (QED) is 0.577. The fraction of sp³-hybridized carbons (Fsp3) is 0.889. The first-order valence-corrected chi connectivity index (χ1v) is 4.27. The van der Waals surface area contributed by atoms with Crippen LogP contribution in [0.15, 0.2) is 0 Å². The zero-order valence-electron chi connectivity index (χ0n) is 7.21. The van der Waals surface area contributed by atoms with Crippen molar-refractivity contribution in [2.45, 2.75) is 32.8 Å². The molecule has 1 saturated heterocycles. The number of nitriles is 1. The molecule has 1 aliphatic rings. The van der Waals surface area contributed by atoms with Crippen molar-refractivity contribution in [2.24, 2.45) is 11.8 Å². The monoisotopic (exact) mass is 153 g/mol. The van der Waals surface area contributed by atoms with E-state index in [1.165, 1.54) is 0 Å². The number of hydrogen-bond donors (Lipinski definition) is 0. The largest absolute Gasteiger partial charge is 0.377 e. The van der Waals surface area contributed by atoms with Crippen LogP contribution in [0.4, 0.5) is 0 Å². The van der Waals surface area contributed by atoms with Crippen LogP contribution in [0.1, 0.15) is 26.7 Å². The van der Waals surface area contributed by atoms with Gasteiger partial charge < -0.3 is 4.74 Å². The fourth-order valence-corrected chi connectivity index (χ4v) is 1.60. The Morgan fingerprint density at radius 3 is 2.73 bits per heavy atom. The van der Waals surface area contributed by atoms with Gasteiger partial charge >= 0.3 is 0 Å². The average molecular weight is 153 g/mol. The molecule has 0 bridgehead atoms. The highest BCUT2D eigenvalue weighted by Gasteiger charge is 2.27. The minimum Gasteiger partial charge on any atom is -0.377 e. The van der Waals surface area contributed by atoms with E-state index in [1.807, 2.05) is 0 Å². The van der Waals surface area contributed by atoms with E-state index in [0.29, 0.717) is 5.92 Å². The summed E-state index contributed by atoms with van der Waals surface area (Å²) in [6.07, 6.45) is 2.23. The van der Waals surface area contributed by atoms with E-state index in [4.69, 9.17) is 10.00 Å². The molecule has 1 aliphatic heterocycles. The number of ether oxygens (including phenoxy) is 1. The number of hydrogen-bond acceptors (Lipinski definition) is 2. The van der Waals surface area contributed by atoms with Crippen LogP contribution >= 0.6 is 0 Å². The molecule has 0 amide bonds. The Bertz CT molecular complexity index is 159. The van der Waals surface area contributed by atoms with Crippen molar-refractivity contribution in [1.29, 1.82) is 5.26 Å². The van der Waals surface area contributed by atoms with Gasteiger partial charge in [0.25, 0.3) is 0 Å². The summed E-state index contributed by atoms with van der Waals surface area (Å²) in [5, 5.41) is 8.78. The Balaban J connectivity index is 2.53. The van der Waals surface area contributed by atoms with Crippen LogP contribution in [0.25, 0.3) is 0 Å². The third-order valence-electron chi connectivity index (χ3n) is 2.19. The maximum atomic E-state index is 8.78. The van der Waals surface area contributed by atoms with Crippen LogP contribution in [-0.4, -0.2) is 12.7 Å². The molecular formula is C9H15NO. The predicted octanol–water partition coefficient (Wildman–Crippen LogP) is 1.96. The van der Waals surface area contributed by atoms with Crippen molar-refractivity contribution in [1.82, 2.24) is 0 Å². The number of nitrogens with zero attached hydrogens (tertiary/aromatic N) is 1. The molecule has 1 fully saturated rings. The van der Waals surface area contributed by atoms with Gasteiger partial charge in [0.05, 0.1) is 18.1 Å². The van der Waals surface area contributed by atoms with Crippen molar-refractivity contribution < 1.29 is 4.74 Å². The van der Waals surface area contributed by atoms with Gasteiger partial charge in [-0.15, -0.1) is 0 Å². The molecule has 62 valence electrons. The molecule has 1 rings (SSSR count). The lowest BCUT2D eigenvalue weighted by Crippen LogP contribution is -2.32. The molecule has 0 aliphatic carbocycles. The average Bonchev–Trinajstić information content (AvgIpc) is 2.04. The number of rotatable bonds is 1. The molecule has 2 unspecified atom stereocenters. The summed E-state index contributed by atoms with van der Waals surface area (Å²) in [6, 6.07) is 2.31. The van der Waals surface area contributed by atoms with Gasteiger partial charge in [0.1, 0.15) is 0 Å². The van der Waals surface area contributed by atoms with Crippen LogP contribution in [0.2, 0.25) is 0 Å². The molecule has 1 heterocycles. The van der Waals surface area contributed by atoms with E-state index < -0.39 is 0 Å². The van der Waals surface area contributed by atoms with Crippen molar-refractivity contribution in [3.05, 3.63) is 0 Å². The van der Waals surface area contributed by atoms with Gasteiger partial charge in [0.2, 0.25) is 0 Å². The second-order valence-corrected chi connectivity index (χ2v) is 3.46. The van der Waals surface area contributed by atoms with E-state index in [0.717, 1.165) is 19.4 Å². The van der Waals surface area contributed by atoms with Crippen LogP contribution < -0.4 is 0 Å². The zero-order valence-corrected chi connectivity index (χ0v) is 7.21. The molecule has 2 heteroatoms. The van der Waals surface area contributed by atoms with Gasteiger partial charge in [0.15, 0.2) is 0 Å². The Hall–Kier alpha value is -0.550. The summed E-state index contributed by atoms with van der Waals surface area (Å²) in [7, 11) is 0. The molecule has 11 heavy (non-hydrogen) atoms. The van der Waals surface area contributed by atoms with E-state index in [1.54, 1.807) is 0 Å². The van der Waals surface area contributed by atoms with Gasteiger partial charge in [-0.05, 0) is 18.8 Å². The van der Waals surface area contributed by atoms with Crippen molar-refractivity contribution in [3.8, 4) is 6.07 Å². The van der Waals surface area contributed by atoms with Crippen LogP contribution in [0, 0.1) is 23.2 Å². The highest BCUT2D eigenvalue weighted by molar-refractivity contribution is 4.92. The summed E-state index contributed by atoms with van der Waals surface area (Å²) in [5.41, 5.74) is 0. The molecule has 0 radical (unpaired) electrons. The van der Waals surface area contributed by atoms with Gasteiger partial charge in [-0.1, -0.05) is 13.8 Å². The first kappa shape index (κ1) is 8.55. The summed E-state index contributed by atoms with van der Waals surface area (Å²) in [5.74, 6) is 0.601. The summed E-state index contributed by atoms with van der Waals surface area (Å²) in [6.45, 7) is 5.06. The smallest absolute Gasteiger partial charge is 0.0756 e. The molecule has 0 spiro atoms. The minimum atomic E-state index is 0.128. The molecule has 0 N–H and O–H groups in total. The van der Waals surface area contributed by atoms with E-state index in [-0.39, 0.29) is 12.0 Å². The highest BCUT2D eigenvalue weighted by Crippen LogP contribution is 2.25. The van der Waals surface area contributed by atoms with Crippen LogP contribution in [0.5, 0.6) is 0 Å². The third kappa shape index (κ3) is 1.94. The zero-order chi connectivity index (χ0) is 8.27. The fourth-order valence-electron chi connectivity index (χ4n) is 1.60.